The molecule has 0 amide bonds. The number of ether oxygens (including phenoxy) is 3. The molecule has 0 spiro atoms. The third-order valence-corrected chi connectivity index (χ3v) is 4.62. The van der Waals surface area contributed by atoms with Crippen LogP contribution >= 0.6 is 15.9 Å². The zero-order chi connectivity index (χ0) is 20.4. The first-order valence-electron chi connectivity index (χ1n) is 9.46. The van der Waals surface area contributed by atoms with Crippen molar-refractivity contribution in [2.45, 2.75) is 39.5 Å². The molecule has 2 aromatic rings. The van der Waals surface area contributed by atoms with Gasteiger partial charge in [-0.3, -0.25) is 0 Å². The van der Waals surface area contributed by atoms with Gasteiger partial charge >= 0.3 is 11.9 Å². The molecule has 2 rings (SSSR count). The summed E-state index contributed by atoms with van der Waals surface area (Å²) in [4.78, 5) is 24.0. The molecule has 0 radical (unpaired) electrons. The molecule has 0 fully saturated rings. The van der Waals surface area contributed by atoms with E-state index in [1.165, 1.54) is 12.8 Å². The van der Waals surface area contributed by atoms with Crippen LogP contribution in [0.4, 0.5) is 0 Å². The average Bonchev–Trinajstić information content (AvgIpc) is 2.69. The zero-order valence-corrected chi connectivity index (χ0v) is 17.8. The normalized spacial score (nSPS) is 10.4. The van der Waals surface area contributed by atoms with Crippen molar-refractivity contribution < 1.29 is 23.8 Å². The van der Waals surface area contributed by atoms with Gasteiger partial charge in [0.2, 0.25) is 0 Å². The second-order valence-electron chi connectivity index (χ2n) is 6.19. The molecule has 0 aliphatic carbocycles. The molecule has 28 heavy (non-hydrogen) atoms. The Labute approximate surface area is 174 Å². The molecule has 0 aliphatic rings. The third kappa shape index (κ3) is 6.68. The van der Waals surface area contributed by atoms with Gasteiger partial charge in [0, 0.05) is 0 Å². The van der Waals surface area contributed by atoms with E-state index in [9.17, 15) is 9.59 Å². The van der Waals surface area contributed by atoms with E-state index in [1.807, 2.05) is 0 Å². The second-order valence-corrected chi connectivity index (χ2v) is 7.04. The van der Waals surface area contributed by atoms with Gasteiger partial charge in [-0.2, -0.15) is 0 Å². The first kappa shape index (κ1) is 22.0. The fraction of sp³-hybridized carbons (Fsp3) is 0.364. The number of halogens is 1. The summed E-state index contributed by atoms with van der Waals surface area (Å²) in [6, 6.07) is 11.3. The van der Waals surface area contributed by atoms with E-state index < -0.39 is 11.9 Å². The summed E-state index contributed by atoms with van der Waals surface area (Å²) in [6.07, 6.45) is 4.54. The van der Waals surface area contributed by atoms with Gasteiger partial charge in [-0.25, -0.2) is 9.59 Å². The Bertz CT molecular complexity index is 786. The Balaban J connectivity index is 1.93. The summed E-state index contributed by atoms with van der Waals surface area (Å²) < 4.78 is 16.7. The molecule has 0 saturated carbocycles. The minimum absolute atomic E-state index is 0.308. The smallest absolute Gasteiger partial charge is 0.343 e. The van der Waals surface area contributed by atoms with E-state index in [0.29, 0.717) is 40.3 Å². The van der Waals surface area contributed by atoms with E-state index in [-0.39, 0.29) is 0 Å². The lowest BCUT2D eigenvalue weighted by atomic mass is 10.2. The van der Waals surface area contributed by atoms with Crippen LogP contribution in [0, 0.1) is 0 Å². The van der Waals surface area contributed by atoms with Gasteiger partial charge in [-0.1, -0.05) is 26.2 Å². The Morgan fingerprint density at radius 1 is 0.893 bits per heavy atom. The van der Waals surface area contributed by atoms with E-state index in [0.717, 1.165) is 12.8 Å². The van der Waals surface area contributed by atoms with Gasteiger partial charge in [0.1, 0.15) is 11.5 Å². The number of unbranched alkanes of at least 4 members (excludes halogenated alkanes) is 3. The van der Waals surface area contributed by atoms with Crippen LogP contribution in [-0.4, -0.2) is 25.2 Å². The molecule has 0 bridgehead atoms. The van der Waals surface area contributed by atoms with Gasteiger partial charge in [0.15, 0.2) is 0 Å². The number of hydrogen-bond donors (Lipinski definition) is 0. The molecule has 0 atom stereocenters. The van der Waals surface area contributed by atoms with Crippen LogP contribution < -0.4 is 9.47 Å². The first-order chi connectivity index (χ1) is 13.5. The van der Waals surface area contributed by atoms with Gasteiger partial charge in [-0.05, 0) is 71.7 Å². The Morgan fingerprint density at radius 2 is 1.61 bits per heavy atom. The molecule has 6 heteroatoms. The Hall–Kier alpha value is -2.34. The topological polar surface area (TPSA) is 61.8 Å². The highest BCUT2D eigenvalue weighted by Gasteiger charge is 2.13. The summed E-state index contributed by atoms with van der Waals surface area (Å²) in [5.41, 5.74) is 0.810. The summed E-state index contributed by atoms with van der Waals surface area (Å²) in [6.45, 7) is 4.87. The second kappa shape index (κ2) is 11.5. The largest absolute Gasteiger partial charge is 0.492 e. The molecule has 0 aliphatic heterocycles. The molecule has 0 heterocycles. The van der Waals surface area contributed by atoms with Crippen LogP contribution in [0.3, 0.4) is 0 Å². The van der Waals surface area contributed by atoms with Gasteiger partial charge < -0.3 is 14.2 Å². The van der Waals surface area contributed by atoms with E-state index >= 15 is 0 Å². The number of carbonyl (C=O) groups excluding carboxylic acids is 2. The zero-order valence-electron chi connectivity index (χ0n) is 16.2. The lowest BCUT2D eigenvalue weighted by Gasteiger charge is -2.10. The Kier molecular flexibility index (Phi) is 9.01. The standard InChI is InChI=1S/C22H25BrO5/c1-3-5-6-7-14-27-20-13-10-17(15-19(20)23)22(25)28-18-11-8-16(9-12-18)21(24)26-4-2/h8-13,15H,3-7,14H2,1-2H3. The number of carbonyl (C=O) groups is 2. The van der Waals surface area contributed by atoms with Crippen LogP contribution in [0.5, 0.6) is 11.5 Å². The highest BCUT2D eigenvalue weighted by Crippen LogP contribution is 2.27. The van der Waals surface area contributed by atoms with Gasteiger partial charge in [0.25, 0.3) is 0 Å². The van der Waals surface area contributed by atoms with Gasteiger partial charge in [0.05, 0.1) is 28.8 Å². The van der Waals surface area contributed by atoms with Crippen molar-refractivity contribution in [2.24, 2.45) is 0 Å². The highest BCUT2D eigenvalue weighted by molar-refractivity contribution is 9.10. The summed E-state index contributed by atoms with van der Waals surface area (Å²) in [5, 5.41) is 0. The van der Waals surface area contributed by atoms with Crippen molar-refractivity contribution in [3.8, 4) is 11.5 Å². The molecule has 150 valence electrons. The number of benzene rings is 2. The summed E-state index contributed by atoms with van der Waals surface area (Å²) in [7, 11) is 0. The minimum Gasteiger partial charge on any atom is -0.492 e. The first-order valence-corrected chi connectivity index (χ1v) is 10.3. The molecule has 0 N–H and O–H groups in total. The van der Waals surface area contributed by atoms with Crippen molar-refractivity contribution in [1.29, 1.82) is 0 Å². The third-order valence-electron chi connectivity index (χ3n) is 4.00. The SMILES string of the molecule is CCCCCCOc1ccc(C(=O)Oc2ccc(C(=O)OCC)cc2)cc1Br. The van der Waals surface area contributed by atoms with Crippen LogP contribution in [0.1, 0.15) is 60.2 Å². The number of hydrogen-bond acceptors (Lipinski definition) is 5. The van der Waals surface area contributed by atoms with E-state index in [1.54, 1.807) is 49.4 Å². The average molecular weight is 449 g/mol. The monoisotopic (exact) mass is 448 g/mol. The van der Waals surface area contributed by atoms with E-state index in [4.69, 9.17) is 14.2 Å². The van der Waals surface area contributed by atoms with Crippen molar-refractivity contribution >= 4 is 27.9 Å². The molecule has 0 saturated heterocycles. The highest BCUT2D eigenvalue weighted by atomic mass is 79.9. The van der Waals surface area contributed by atoms with Crippen molar-refractivity contribution in [3.05, 3.63) is 58.1 Å². The Morgan fingerprint density at radius 3 is 2.25 bits per heavy atom. The maximum absolute atomic E-state index is 12.4. The fourth-order valence-corrected chi connectivity index (χ4v) is 2.99. The van der Waals surface area contributed by atoms with Gasteiger partial charge in [-0.15, -0.1) is 0 Å². The fourth-order valence-electron chi connectivity index (χ4n) is 2.50. The molecule has 0 unspecified atom stereocenters. The maximum atomic E-state index is 12.4. The summed E-state index contributed by atoms with van der Waals surface area (Å²) in [5.74, 6) is 0.158. The van der Waals surface area contributed by atoms with Crippen LogP contribution in [0.15, 0.2) is 46.9 Å². The van der Waals surface area contributed by atoms with Crippen molar-refractivity contribution in [3.63, 3.8) is 0 Å². The molecule has 2 aromatic carbocycles. The lowest BCUT2D eigenvalue weighted by molar-refractivity contribution is 0.0526. The predicted octanol–water partition coefficient (Wildman–Crippen LogP) is 5.80. The molecule has 0 aromatic heterocycles. The minimum atomic E-state index is -0.487. The van der Waals surface area contributed by atoms with Crippen LogP contribution in [-0.2, 0) is 4.74 Å². The molecular weight excluding hydrogens is 424 g/mol. The van der Waals surface area contributed by atoms with E-state index in [2.05, 4.69) is 22.9 Å². The van der Waals surface area contributed by atoms with Crippen molar-refractivity contribution in [1.82, 2.24) is 0 Å². The quantitative estimate of drug-likeness (QED) is 0.261. The van der Waals surface area contributed by atoms with Crippen LogP contribution in [0.2, 0.25) is 0 Å². The summed E-state index contributed by atoms with van der Waals surface area (Å²) >= 11 is 3.44. The maximum Gasteiger partial charge on any atom is 0.343 e. The van der Waals surface area contributed by atoms with Crippen LogP contribution in [0.25, 0.3) is 0 Å². The number of esters is 2. The predicted molar refractivity (Wildman–Crippen MR) is 111 cm³/mol. The lowest BCUT2D eigenvalue weighted by Crippen LogP contribution is -2.09. The molecule has 5 nitrogen and oxygen atoms in total. The molecular formula is C22H25BrO5. The van der Waals surface area contributed by atoms with Crippen molar-refractivity contribution in [2.75, 3.05) is 13.2 Å². The number of rotatable bonds is 10.